The Labute approximate surface area is 299 Å². The van der Waals surface area contributed by atoms with E-state index >= 15 is 0 Å². The maximum Gasteiger partial charge on any atom is 0.286 e. The van der Waals surface area contributed by atoms with Gasteiger partial charge in [0.2, 0.25) is 0 Å². The molecule has 50 heavy (non-hydrogen) atoms. The Hall–Kier alpha value is -3.86. The molecule has 2 aliphatic carbocycles. The lowest BCUT2D eigenvalue weighted by molar-refractivity contribution is -0.121. The maximum atomic E-state index is 14.2. The fourth-order valence-corrected chi connectivity index (χ4v) is 9.77. The molecule has 0 aromatic heterocycles. The SMILES string of the molecule is CO[C@H]1/C=C\CCCS(=O)(NC(=O)COc2ccccc2)=NC(=O)c2ccc3c(c2)N(C[C@@H]2CC[C@H]21)C[C@@]1(CCCc2cc(Cl)ccc21)CO3. The summed E-state index contributed by atoms with van der Waals surface area (Å²) in [4.78, 5) is 29.2. The third kappa shape index (κ3) is 7.43. The first kappa shape index (κ1) is 34.6. The molecule has 1 N–H and O–H groups in total. The van der Waals surface area contributed by atoms with Crippen molar-refractivity contribution in [1.82, 2.24) is 4.72 Å². The Kier molecular flexibility index (Phi) is 10.2. The minimum Gasteiger partial charge on any atom is -0.490 e. The summed E-state index contributed by atoms with van der Waals surface area (Å²) in [5.74, 6) is 0.693. The standard InChI is InChI=1S/C39H44ClN3O6S/c1-47-35-12-6-3-7-20-50(46,41-37(44)24-48-31-10-4-2-5-11-31)42-38(45)28-14-18-36-34(22-28)43(23-29-13-16-32(29)35)25-39(26-49-36)19-8-9-27-21-30(40)15-17-33(27)39/h2,4-6,10-12,14-15,17-18,21-22,29,32,35H,3,7-9,13,16,19-20,23-26H2,1H3,(H,41,42,44,45,46)/b12-6-/t29-,32+,35-,39-,50?/m0/s1. The van der Waals surface area contributed by atoms with E-state index in [0.29, 0.717) is 54.9 Å². The van der Waals surface area contributed by atoms with Crippen LogP contribution in [0.5, 0.6) is 11.5 Å². The number of hydrogen-bond acceptors (Lipinski definition) is 7. The number of allylic oxidation sites excluding steroid dienone is 1. The fourth-order valence-electron chi connectivity index (χ4n) is 7.99. The summed E-state index contributed by atoms with van der Waals surface area (Å²) < 4.78 is 39.1. The summed E-state index contributed by atoms with van der Waals surface area (Å²) in [5, 5.41) is 0.739. The average molecular weight is 718 g/mol. The second kappa shape index (κ2) is 14.8. The van der Waals surface area contributed by atoms with E-state index in [2.05, 4.69) is 38.3 Å². The summed E-state index contributed by atoms with van der Waals surface area (Å²) in [7, 11) is -1.71. The number of ether oxygens (including phenoxy) is 3. The van der Waals surface area contributed by atoms with Gasteiger partial charge < -0.3 is 19.1 Å². The van der Waals surface area contributed by atoms with Gasteiger partial charge in [0.25, 0.3) is 11.8 Å². The van der Waals surface area contributed by atoms with Crippen molar-refractivity contribution >= 4 is 39.0 Å². The van der Waals surface area contributed by atoms with Crippen LogP contribution in [0.25, 0.3) is 0 Å². The van der Waals surface area contributed by atoms with E-state index in [4.69, 9.17) is 25.8 Å². The van der Waals surface area contributed by atoms with Crippen LogP contribution in [0, 0.1) is 11.8 Å². The van der Waals surface area contributed by atoms with Crippen molar-refractivity contribution < 1.29 is 28.0 Å². The highest BCUT2D eigenvalue weighted by Crippen LogP contribution is 2.47. The molecule has 9 nitrogen and oxygen atoms in total. The van der Waals surface area contributed by atoms with E-state index in [1.807, 2.05) is 24.3 Å². The number of benzene rings is 3. The van der Waals surface area contributed by atoms with Crippen molar-refractivity contribution in [2.75, 3.05) is 44.1 Å². The quantitative estimate of drug-likeness (QED) is 0.286. The molecule has 2 amide bonds. The lowest BCUT2D eigenvalue weighted by Crippen LogP contribution is -2.49. The third-order valence-electron chi connectivity index (χ3n) is 10.6. The molecule has 1 unspecified atom stereocenters. The first-order valence-corrected chi connectivity index (χ1v) is 19.6. The molecule has 2 aliphatic heterocycles. The van der Waals surface area contributed by atoms with Crippen molar-refractivity contribution in [2.24, 2.45) is 16.2 Å². The van der Waals surface area contributed by atoms with Crippen LogP contribution in [0.4, 0.5) is 5.69 Å². The molecule has 1 spiro atoms. The summed E-state index contributed by atoms with van der Waals surface area (Å²) in [6, 6.07) is 20.4. The molecule has 2 bridgehead atoms. The van der Waals surface area contributed by atoms with Gasteiger partial charge in [0, 0.05) is 36.2 Å². The smallest absolute Gasteiger partial charge is 0.286 e. The van der Waals surface area contributed by atoms with Gasteiger partial charge in [0.1, 0.15) is 21.4 Å². The molecule has 5 atom stereocenters. The van der Waals surface area contributed by atoms with Crippen molar-refractivity contribution in [3.63, 3.8) is 0 Å². The predicted molar refractivity (Wildman–Crippen MR) is 195 cm³/mol. The van der Waals surface area contributed by atoms with Crippen LogP contribution in [0.3, 0.4) is 0 Å². The second-order valence-corrected chi connectivity index (χ2v) is 16.4. The van der Waals surface area contributed by atoms with E-state index in [-0.39, 0.29) is 23.9 Å². The van der Waals surface area contributed by atoms with Crippen LogP contribution in [-0.4, -0.2) is 61.3 Å². The van der Waals surface area contributed by atoms with Gasteiger partial charge in [-0.15, -0.1) is 4.36 Å². The topological polar surface area (TPSA) is 107 Å². The largest absolute Gasteiger partial charge is 0.490 e. The molecule has 0 saturated heterocycles. The van der Waals surface area contributed by atoms with Crippen LogP contribution in [0.1, 0.15) is 60.0 Å². The van der Waals surface area contributed by atoms with Gasteiger partial charge >= 0.3 is 0 Å². The molecule has 11 heteroatoms. The summed E-state index contributed by atoms with van der Waals surface area (Å²) in [5.41, 5.74) is 3.39. The molecule has 3 aromatic rings. The van der Waals surface area contributed by atoms with Gasteiger partial charge in [0.15, 0.2) is 6.61 Å². The number of anilines is 1. The van der Waals surface area contributed by atoms with Crippen LogP contribution in [0.15, 0.2) is 83.2 Å². The zero-order chi connectivity index (χ0) is 34.7. The van der Waals surface area contributed by atoms with Crippen molar-refractivity contribution in [3.05, 3.63) is 101 Å². The number of amides is 2. The van der Waals surface area contributed by atoms with Crippen LogP contribution < -0.4 is 19.1 Å². The minimum atomic E-state index is -3.47. The molecule has 1 fully saturated rings. The van der Waals surface area contributed by atoms with Gasteiger partial charge in [-0.3, -0.25) is 14.3 Å². The average Bonchev–Trinajstić information content (AvgIpc) is 3.25. The highest BCUT2D eigenvalue weighted by Gasteiger charge is 2.44. The Morgan fingerprint density at radius 1 is 1.12 bits per heavy atom. The highest BCUT2D eigenvalue weighted by atomic mass is 35.5. The van der Waals surface area contributed by atoms with E-state index in [1.54, 1.807) is 37.4 Å². The number of methoxy groups -OCH3 is 1. The van der Waals surface area contributed by atoms with E-state index in [1.165, 1.54) is 11.1 Å². The Morgan fingerprint density at radius 3 is 2.78 bits per heavy atom. The van der Waals surface area contributed by atoms with E-state index in [9.17, 15) is 13.8 Å². The van der Waals surface area contributed by atoms with E-state index in [0.717, 1.165) is 49.4 Å². The molecule has 1 saturated carbocycles. The Morgan fingerprint density at radius 2 is 1.98 bits per heavy atom. The number of hydrogen-bond donors (Lipinski definition) is 1. The van der Waals surface area contributed by atoms with Crippen molar-refractivity contribution in [2.45, 2.75) is 56.5 Å². The summed E-state index contributed by atoms with van der Waals surface area (Å²) >= 11 is 6.44. The van der Waals surface area contributed by atoms with Crippen LogP contribution in [-0.2, 0) is 31.3 Å². The zero-order valence-corrected chi connectivity index (χ0v) is 29.9. The number of rotatable bonds is 5. The van der Waals surface area contributed by atoms with Gasteiger partial charge in [-0.05, 0) is 110 Å². The highest BCUT2D eigenvalue weighted by molar-refractivity contribution is 7.92. The Balaban J connectivity index is 1.24. The number of aryl methyl sites for hydroxylation is 1. The number of nitrogens with zero attached hydrogens (tertiary/aromatic N) is 2. The van der Waals surface area contributed by atoms with Gasteiger partial charge in [-0.1, -0.05) is 48.0 Å². The first-order chi connectivity index (χ1) is 24.2. The summed E-state index contributed by atoms with van der Waals surface area (Å²) in [6.07, 6.45) is 10.3. The first-order valence-electron chi connectivity index (χ1n) is 17.5. The fraction of sp³-hybridized carbons (Fsp3) is 0.436. The van der Waals surface area contributed by atoms with Crippen LogP contribution >= 0.6 is 11.6 Å². The number of para-hydroxylation sites is 1. The number of carbonyl (C=O) groups is 2. The second-order valence-electron chi connectivity index (χ2n) is 13.9. The van der Waals surface area contributed by atoms with Crippen molar-refractivity contribution in [3.8, 4) is 11.5 Å². The van der Waals surface area contributed by atoms with Gasteiger partial charge in [-0.25, -0.2) is 4.21 Å². The molecule has 3 aromatic carbocycles. The zero-order valence-electron chi connectivity index (χ0n) is 28.4. The molecule has 7 rings (SSSR count). The number of halogens is 1. The van der Waals surface area contributed by atoms with E-state index < -0.39 is 21.7 Å². The lowest BCUT2D eigenvalue weighted by atomic mass is 9.68. The van der Waals surface area contributed by atoms with Crippen molar-refractivity contribution in [1.29, 1.82) is 0 Å². The molecule has 2 heterocycles. The molecule has 4 aliphatic rings. The number of carbonyl (C=O) groups excluding carboxylic acids is 2. The normalized spacial score (nSPS) is 28.5. The minimum absolute atomic E-state index is 0.00990. The monoisotopic (exact) mass is 717 g/mol. The van der Waals surface area contributed by atoms with Crippen LogP contribution in [0.2, 0.25) is 5.02 Å². The molecular weight excluding hydrogens is 674 g/mol. The molecule has 0 radical (unpaired) electrons. The van der Waals surface area contributed by atoms with Gasteiger partial charge in [-0.2, -0.15) is 0 Å². The predicted octanol–water partition coefficient (Wildman–Crippen LogP) is 6.92. The number of fused-ring (bicyclic) bond motifs is 4. The molecular formula is C39H44ClN3O6S. The number of nitrogens with one attached hydrogen (secondary N) is 1. The third-order valence-corrected chi connectivity index (χ3v) is 12.7. The Bertz CT molecular complexity index is 1890. The van der Waals surface area contributed by atoms with Gasteiger partial charge in [0.05, 0.1) is 24.2 Å². The maximum absolute atomic E-state index is 14.2. The summed E-state index contributed by atoms with van der Waals surface area (Å²) in [6.45, 7) is 1.65. The lowest BCUT2D eigenvalue weighted by Gasteiger charge is -2.46. The molecule has 264 valence electrons.